The van der Waals surface area contributed by atoms with Crippen molar-refractivity contribution in [2.75, 3.05) is 19.7 Å². The third-order valence-corrected chi connectivity index (χ3v) is 5.11. The summed E-state index contributed by atoms with van der Waals surface area (Å²) in [5.74, 6) is 1.04. The fourth-order valence-corrected chi connectivity index (χ4v) is 3.04. The number of hydrogen-bond acceptors (Lipinski definition) is 3. The highest BCUT2D eigenvalue weighted by molar-refractivity contribution is 5.14. The van der Waals surface area contributed by atoms with E-state index in [-0.39, 0.29) is 11.0 Å². The van der Waals surface area contributed by atoms with Gasteiger partial charge in [-0.05, 0) is 38.6 Å². The number of nitrogens with two attached hydrogens (primary N) is 1. The maximum absolute atomic E-state index is 6.51. The van der Waals surface area contributed by atoms with Crippen molar-refractivity contribution in [1.29, 1.82) is 0 Å². The molecule has 3 nitrogen and oxygen atoms in total. The van der Waals surface area contributed by atoms with Crippen molar-refractivity contribution in [3.05, 3.63) is 0 Å². The largest absolute Gasteiger partial charge is 0.378 e. The molecule has 0 aromatic heterocycles. The predicted octanol–water partition coefficient (Wildman–Crippen LogP) is 2.30. The fraction of sp³-hybridized carbons (Fsp3) is 1.00. The lowest BCUT2D eigenvalue weighted by Gasteiger charge is -2.59. The van der Waals surface area contributed by atoms with Crippen LogP contribution in [-0.4, -0.2) is 31.3 Å². The van der Waals surface area contributed by atoms with Gasteiger partial charge in [-0.1, -0.05) is 26.7 Å². The second kappa shape index (κ2) is 5.48. The topological polar surface area (TPSA) is 47.3 Å². The Balaban J connectivity index is 1.64. The van der Waals surface area contributed by atoms with E-state index in [0.717, 1.165) is 32.0 Å². The number of rotatable bonds is 8. The molecule has 18 heavy (non-hydrogen) atoms. The monoisotopic (exact) mass is 254 g/mol. The molecule has 2 aliphatic carbocycles. The molecule has 0 aliphatic heterocycles. The molecule has 0 amide bonds. The summed E-state index contributed by atoms with van der Waals surface area (Å²) in [7, 11) is 0. The molecule has 0 spiro atoms. The predicted molar refractivity (Wildman–Crippen MR) is 75.6 cm³/mol. The third-order valence-electron chi connectivity index (χ3n) is 5.11. The smallest absolute Gasteiger partial charge is 0.0662 e. The fourth-order valence-electron chi connectivity index (χ4n) is 3.04. The van der Waals surface area contributed by atoms with E-state index in [1.54, 1.807) is 0 Å². The van der Waals surface area contributed by atoms with Crippen molar-refractivity contribution in [2.24, 2.45) is 17.1 Å². The lowest BCUT2D eigenvalue weighted by Crippen LogP contribution is -2.73. The molecule has 0 heterocycles. The summed E-state index contributed by atoms with van der Waals surface area (Å²) >= 11 is 0. The van der Waals surface area contributed by atoms with Gasteiger partial charge < -0.3 is 15.8 Å². The van der Waals surface area contributed by atoms with E-state index in [2.05, 4.69) is 26.1 Å². The molecule has 3 heteroatoms. The summed E-state index contributed by atoms with van der Waals surface area (Å²) in [6, 6.07) is 0. The van der Waals surface area contributed by atoms with E-state index in [4.69, 9.17) is 10.5 Å². The molecular formula is C15H30N2O. The summed E-state index contributed by atoms with van der Waals surface area (Å²) in [6.07, 6.45) is 6.95. The first kappa shape index (κ1) is 14.3. The molecule has 3 N–H and O–H groups in total. The molecule has 0 saturated heterocycles. The molecule has 0 bridgehead atoms. The Morgan fingerprint density at radius 2 is 2.06 bits per heavy atom. The standard InChI is InChI=1S/C15H30N2O/c1-4-18-13-10-15(16,14(13,2)3)11-17-9-5-6-12-7-8-12/h12-13,17H,4-11,16H2,1-3H3. The first-order chi connectivity index (χ1) is 8.49. The first-order valence-electron chi connectivity index (χ1n) is 7.61. The zero-order valence-corrected chi connectivity index (χ0v) is 12.3. The van der Waals surface area contributed by atoms with Gasteiger partial charge in [0.05, 0.1) is 6.10 Å². The molecule has 2 aliphatic rings. The summed E-state index contributed by atoms with van der Waals surface area (Å²) < 4.78 is 5.75. The Kier molecular flexibility index (Phi) is 4.35. The molecule has 0 aromatic rings. The van der Waals surface area contributed by atoms with Crippen molar-refractivity contribution >= 4 is 0 Å². The molecule has 106 valence electrons. The molecule has 2 unspecified atom stereocenters. The molecule has 2 fully saturated rings. The van der Waals surface area contributed by atoms with Gasteiger partial charge in [0.2, 0.25) is 0 Å². The zero-order valence-electron chi connectivity index (χ0n) is 12.3. The van der Waals surface area contributed by atoms with E-state index >= 15 is 0 Å². The van der Waals surface area contributed by atoms with E-state index < -0.39 is 0 Å². The Morgan fingerprint density at radius 1 is 1.33 bits per heavy atom. The van der Waals surface area contributed by atoms with Crippen LogP contribution in [0.5, 0.6) is 0 Å². The average molecular weight is 254 g/mol. The second-order valence-corrected chi connectivity index (χ2v) is 6.79. The number of hydrogen-bond donors (Lipinski definition) is 2. The van der Waals surface area contributed by atoms with Crippen LogP contribution in [0.2, 0.25) is 0 Å². The highest BCUT2D eigenvalue weighted by atomic mass is 16.5. The Morgan fingerprint density at radius 3 is 2.61 bits per heavy atom. The van der Waals surface area contributed by atoms with Gasteiger partial charge in [-0.25, -0.2) is 0 Å². The van der Waals surface area contributed by atoms with Crippen LogP contribution in [0.3, 0.4) is 0 Å². The lowest BCUT2D eigenvalue weighted by atomic mass is 9.54. The van der Waals surface area contributed by atoms with Crippen LogP contribution in [0, 0.1) is 11.3 Å². The summed E-state index contributed by atoms with van der Waals surface area (Å²) in [4.78, 5) is 0. The Bertz CT molecular complexity index is 276. The Labute approximate surface area is 112 Å². The van der Waals surface area contributed by atoms with Crippen LogP contribution in [0.1, 0.15) is 52.9 Å². The van der Waals surface area contributed by atoms with Gasteiger partial charge in [0.1, 0.15) is 0 Å². The van der Waals surface area contributed by atoms with Gasteiger partial charge in [-0.15, -0.1) is 0 Å². The normalized spacial score (nSPS) is 34.3. The zero-order chi connectivity index (χ0) is 13.2. The second-order valence-electron chi connectivity index (χ2n) is 6.79. The van der Waals surface area contributed by atoms with Gasteiger partial charge in [0, 0.05) is 24.1 Å². The van der Waals surface area contributed by atoms with E-state index in [0.29, 0.717) is 6.10 Å². The van der Waals surface area contributed by atoms with Crippen LogP contribution >= 0.6 is 0 Å². The quantitative estimate of drug-likeness (QED) is 0.653. The van der Waals surface area contributed by atoms with Crippen molar-refractivity contribution in [1.82, 2.24) is 5.32 Å². The van der Waals surface area contributed by atoms with Gasteiger partial charge in [0.25, 0.3) is 0 Å². The molecule has 2 rings (SSSR count). The van der Waals surface area contributed by atoms with E-state index in [1.165, 1.54) is 25.7 Å². The number of nitrogens with one attached hydrogen (secondary N) is 1. The van der Waals surface area contributed by atoms with Crippen LogP contribution < -0.4 is 11.1 Å². The van der Waals surface area contributed by atoms with Crippen LogP contribution in [0.25, 0.3) is 0 Å². The van der Waals surface area contributed by atoms with Gasteiger partial charge in [0.15, 0.2) is 0 Å². The minimum Gasteiger partial charge on any atom is -0.378 e. The highest BCUT2D eigenvalue weighted by Crippen LogP contribution is 2.49. The van der Waals surface area contributed by atoms with Crippen LogP contribution in [0.15, 0.2) is 0 Å². The maximum Gasteiger partial charge on any atom is 0.0662 e. The van der Waals surface area contributed by atoms with Gasteiger partial charge >= 0.3 is 0 Å². The first-order valence-corrected chi connectivity index (χ1v) is 7.61. The van der Waals surface area contributed by atoms with Crippen LogP contribution in [-0.2, 0) is 4.74 Å². The Hall–Kier alpha value is -0.120. The molecule has 0 aromatic carbocycles. The summed E-state index contributed by atoms with van der Waals surface area (Å²) in [6.45, 7) is 9.37. The van der Waals surface area contributed by atoms with Crippen molar-refractivity contribution < 1.29 is 4.74 Å². The van der Waals surface area contributed by atoms with Crippen molar-refractivity contribution in [3.63, 3.8) is 0 Å². The highest BCUT2D eigenvalue weighted by Gasteiger charge is 2.57. The van der Waals surface area contributed by atoms with E-state index in [9.17, 15) is 0 Å². The summed E-state index contributed by atoms with van der Waals surface area (Å²) in [5.41, 5.74) is 6.51. The molecule has 2 atom stereocenters. The molecule has 2 saturated carbocycles. The number of ether oxygens (including phenoxy) is 1. The van der Waals surface area contributed by atoms with E-state index in [1.807, 2.05) is 0 Å². The van der Waals surface area contributed by atoms with Crippen LogP contribution in [0.4, 0.5) is 0 Å². The summed E-state index contributed by atoms with van der Waals surface area (Å²) in [5, 5.41) is 3.55. The van der Waals surface area contributed by atoms with Crippen molar-refractivity contribution in [3.8, 4) is 0 Å². The molecule has 0 radical (unpaired) electrons. The van der Waals surface area contributed by atoms with Gasteiger partial charge in [-0.3, -0.25) is 0 Å². The minimum absolute atomic E-state index is 0.0898. The SMILES string of the molecule is CCOC1CC(N)(CNCCCC2CC2)C1(C)C. The minimum atomic E-state index is -0.0909. The van der Waals surface area contributed by atoms with Crippen molar-refractivity contribution in [2.45, 2.75) is 64.5 Å². The lowest BCUT2D eigenvalue weighted by molar-refractivity contribution is -0.148. The maximum atomic E-state index is 6.51. The van der Waals surface area contributed by atoms with Gasteiger partial charge in [-0.2, -0.15) is 0 Å². The third kappa shape index (κ3) is 2.89. The molecular weight excluding hydrogens is 224 g/mol. The average Bonchev–Trinajstić information content (AvgIpc) is 3.12.